The largest absolute Gasteiger partial charge is 0.466 e. The molecule has 0 saturated carbocycles. The number of carbonyl (C=O) groups is 2. The van der Waals surface area contributed by atoms with Gasteiger partial charge in [-0.05, 0) is 56.4 Å². The summed E-state index contributed by atoms with van der Waals surface area (Å²) in [5.74, 6) is -0.777. The quantitative estimate of drug-likeness (QED) is 0.752. The molecule has 5 nitrogen and oxygen atoms in total. The first-order chi connectivity index (χ1) is 13.9. The number of urea groups is 1. The number of likely N-dealkylation sites (tertiary alicyclic amines) is 1. The predicted molar refractivity (Wildman–Crippen MR) is 110 cm³/mol. The van der Waals surface area contributed by atoms with Crippen molar-refractivity contribution in [3.8, 4) is 0 Å². The van der Waals surface area contributed by atoms with Gasteiger partial charge in [-0.15, -0.1) is 0 Å². The number of esters is 1. The van der Waals surface area contributed by atoms with Gasteiger partial charge in [-0.25, -0.2) is 9.18 Å². The molecule has 2 aromatic rings. The van der Waals surface area contributed by atoms with Crippen molar-refractivity contribution in [2.75, 3.05) is 25.0 Å². The van der Waals surface area contributed by atoms with Gasteiger partial charge in [0.05, 0.1) is 17.7 Å². The van der Waals surface area contributed by atoms with Crippen molar-refractivity contribution in [3.63, 3.8) is 0 Å². The van der Waals surface area contributed by atoms with Crippen LogP contribution >= 0.6 is 0 Å². The van der Waals surface area contributed by atoms with Gasteiger partial charge in [0.2, 0.25) is 0 Å². The third-order valence-electron chi connectivity index (χ3n) is 5.48. The molecule has 6 heteroatoms. The fourth-order valence-corrected chi connectivity index (χ4v) is 3.90. The minimum absolute atomic E-state index is 0.128. The summed E-state index contributed by atoms with van der Waals surface area (Å²) in [6.07, 6.45) is 1.82. The van der Waals surface area contributed by atoms with Crippen molar-refractivity contribution < 1.29 is 18.7 Å². The first-order valence-electron chi connectivity index (χ1n) is 9.97. The standard InChI is InChI=1S/C23H27FN2O3/c1-3-29-21(27)23(15-18-10-5-4-9-17(18)2)13-8-14-26(16-23)22(28)25-20-12-7-6-11-19(20)24/h4-7,9-12H,3,8,13-16H2,1-2H3,(H,25,28)/t23-/m1/s1. The maximum atomic E-state index is 13.9. The van der Waals surface area contributed by atoms with Crippen LogP contribution in [0.25, 0.3) is 0 Å². The molecule has 29 heavy (non-hydrogen) atoms. The summed E-state index contributed by atoms with van der Waals surface area (Å²) in [5.41, 5.74) is 1.48. The molecule has 154 valence electrons. The smallest absolute Gasteiger partial charge is 0.321 e. The van der Waals surface area contributed by atoms with Gasteiger partial charge < -0.3 is 15.0 Å². The Kier molecular flexibility index (Phi) is 6.52. The van der Waals surface area contributed by atoms with Crippen molar-refractivity contribution in [2.45, 2.75) is 33.1 Å². The Morgan fingerprint density at radius 2 is 1.90 bits per heavy atom. The van der Waals surface area contributed by atoms with Gasteiger partial charge in [-0.1, -0.05) is 36.4 Å². The molecule has 2 aromatic carbocycles. The molecule has 1 N–H and O–H groups in total. The number of hydrogen-bond acceptors (Lipinski definition) is 3. The van der Waals surface area contributed by atoms with E-state index >= 15 is 0 Å². The zero-order valence-corrected chi connectivity index (χ0v) is 16.9. The SMILES string of the molecule is CCOC(=O)[C@@]1(Cc2ccccc2C)CCCN(C(=O)Nc2ccccc2F)C1. The first-order valence-corrected chi connectivity index (χ1v) is 9.97. The van der Waals surface area contributed by atoms with Crippen LogP contribution in [0.4, 0.5) is 14.9 Å². The van der Waals surface area contributed by atoms with Gasteiger partial charge in [0.1, 0.15) is 5.82 Å². The van der Waals surface area contributed by atoms with Gasteiger partial charge in [0.25, 0.3) is 0 Å². The predicted octanol–water partition coefficient (Wildman–Crippen LogP) is 4.55. The average Bonchev–Trinajstić information content (AvgIpc) is 2.72. The molecule has 1 fully saturated rings. The highest BCUT2D eigenvalue weighted by Crippen LogP contribution is 2.36. The van der Waals surface area contributed by atoms with E-state index in [0.29, 0.717) is 25.8 Å². The topological polar surface area (TPSA) is 58.6 Å². The molecule has 1 heterocycles. The highest BCUT2D eigenvalue weighted by Gasteiger charge is 2.45. The van der Waals surface area contributed by atoms with Crippen LogP contribution in [0.2, 0.25) is 0 Å². The van der Waals surface area contributed by atoms with Gasteiger partial charge >= 0.3 is 12.0 Å². The first kappa shape index (κ1) is 20.8. The number of benzene rings is 2. The number of aryl methyl sites for hydroxylation is 1. The fourth-order valence-electron chi connectivity index (χ4n) is 3.90. The lowest BCUT2D eigenvalue weighted by Gasteiger charge is -2.41. The second kappa shape index (κ2) is 9.07. The lowest BCUT2D eigenvalue weighted by molar-refractivity contribution is -0.158. The summed E-state index contributed by atoms with van der Waals surface area (Å²) in [6.45, 7) is 4.83. The summed E-state index contributed by atoms with van der Waals surface area (Å²) in [6, 6.07) is 13.6. The normalized spacial score (nSPS) is 18.9. The Hall–Kier alpha value is -2.89. The zero-order chi connectivity index (χ0) is 20.9. The van der Waals surface area contributed by atoms with Crippen LogP contribution in [0.5, 0.6) is 0 Å². The van der Waals surface area contributed by atoms with Crippen LogP contribution in [-0.4, -0.2) is 36.6 Å². The molecule has 1 aliphatic rings. The van der Waals surface area contributed by atoms with E-state index in [1.807, 2.05) is 31.2 Å². The number of anilines is 1. The van der Waals surface area contributed by atoms with E-state index < -0.39 is 17.3 Å². The molecule has 0 unspecified atom stereocenters. The number of amides is 2. The minimum atomic E-state index is -0.813. The van der Waals surface area contributed by atoms with E-state index in [2.05, 4.69) is 5.32 Å². The van der Waals surface area contributed by atoms with Crippen LogP contribution in [-0.2, 0) is 16.0 Å². The highest BCUT2D eigenvalue weighted by molar-refractivity contribution is 5.90. The Bertz CT molecular complexity index is 886. The number of para-hydroxylation sites is 1. The lowest BCUT2D eigenvalue weighted by Crippen LogP contribution is -2.52. The van der Waals surface area contributed by atoms with E-state index in [0.717, 1.165) is 11.1 Å². The van der Waals surface area contributed by atoms with Crippen molar-refractivity contribution in [1.29, 1.82) is 0 Å². The molecule has 0 aromatic heterocycles. The number of nitrogens with zero attached hydrogens (tertiary/aromatic N) is 1. The van der Waals surface area contributed by atoms with Crippen LogP contribution < -0.4 is 5.32 Å². The summed E-state index contributed by atoms with van der Waals surface area (Å²) < 4.78 is 19.3. The number of rotatable bonds is 5. The lowest BCUT2D eigenvalue weighted by atomic mass is 9.74. The molecule has 0 radical (unpaired) electrons. The minimum Gasteiger partial charge on any atom is -0.466 e. The maximum Gasteiger partial charge on any atom is 0.321 e. The van der Waals surface area contributed by atoms with Gasteiger partial charge in [0.15, 0.2) is 0 Å². The molecule has 0 spiro atoms. The second-order valence-electron chi connectivity index (χ2n) is 7.54. The molecular weight excluding hydrogens is 371 g/mol. The second-order valence-corrected chi connectivity index (χ2v) is 7.54. The molecule has 0 aliphatic carbocycles. The monoisotopic (exact) mass is 398 g/mol. The van der Waals surface area contributed by atoms with E-state index in [9.17, 15) is 14.0 Å². The summed E-state index contributed by atoms with van der Waals surface area (Å²) in [5, 5.41) is 2.62. The van der Waals surface area contributed by atoms with Crippen molar-refractivity contribution in [1.82, 2.24) is 4.90 Å². The number of piperidine rings is 1. The highest BCUT2D eigenvalue weighted by atomic mass is 19.1. The fraction of sp³-hybridized carbons (Fsp3) is 0.391. The maximum absolute atomic E-state index is 13.9. The Balaban J connectivity index is 1.83. The Morgan fingerprint density at radius 1 is 1.17 bits per heavy atom. The summed E-state index contributed by atoms with van der Waals surface area (Å²) in [4.78, 5) is 27.4. The van der Waals surface area contributed by atoms with Gasteiger partial charge in [-0.3, -0.25) is 4.79 Å². The number of carbonyl (C=O) groups excluding carboxylic acids is 2. The molecule has 3 rings (SSSR count). The van der Waals surface area contributed by atoms with Crippen LogP contribution in [0.15, 0.2) is 48.5 Å². The number of hydrogen-bond donors (Lipinski definition) is 1. The zero-order valence-electron chi connectivity index (χ0n) is 16.9. The number of nitrogens with one attached hydrogen (secondary N) is 1. The van der Waals surface area contributed by atoms with Gasteiger partial charge in [0, 0.05) is 13.1 Å². The number of ether oxygens (including phenoxy) is 1. The van der Waals surface area contributed by atoms with E-state index in [1.54, 1.807) is 24.0 Å². The van der Waals surface area contributed by atoms with E-state index in [4.69, 9.17) is 4.74 Å². The Labute approximate surface area is 170 Å². The van der Waals surface area contributed by atoms with Crippen molar-refractivity contribution in [2.24, 2.45) is 5.41 Å². The molecule has 0 bridgehead atoms. The third kappa shape index (κ3) is 4.75. The summed E-state index contributed by atoms with van der Waals surface area (Å²) in [7, 11) is 0. The average molecular weight is 398 g/mol. The molecule has 1 aliphatic heterocycles. The van der Waals surface area contributed by atoms with Gasteiger partial charge in [-0.2, -0.15) is 0 Å². The molecule has 2 amide bonds. The van der Waals surface area contributed by atoms with Crippen LogP contribution in [0.1, 0.15) is 30.9 Å². The van der Waals surface area contributed by atoms with Crippen LogP contribution in [0, 0.1) is 18.2 Å². The number of halogens is 1. The Morgan fingerprint density at radius 3 is 2.62 bits per heavy atom. The molecule has 1 atom stereocenters. The molecule has 1 saturated heterocycles. The van der Waals surface area contributed by atoms with Crippen molar-refractivity contribution >= 4 is 17.7 Å². The third-order valence-corrected chi connectivity index (χ3v) is 5.48. The van der Waals surface area contributed by atoms with E-state index in [-0.39, 0.29) is 24.8 Å². The summed E-state index contributed by atoms with van der Waals surface area (Å²) >= 11 is 0. The molecular formula is C23H27FN2O3. The van der Waals surface area contributed by atoms with Crippen molar-refractivity contribution in [3.05, 3.63) is 65.5 Å². The van der Waals surface area contributed by atoms with E-state index in [1.165, 1.54) is 12.1 Å². The van der Waals surface area contributed by atoms with Crippen LogP contribution in [0.3, 0.4) is 0 Å².